The zero-order chi connectivity index (χ0) is 11.0. The predicted molar refractivity (Wildman–Crippen MR) is 64.5 cm³/mol. The fourth-order valence-corrected chi connectivity index (χ4v) is 4.47. The summed E-state index contributed by atoms with van der Waals surface area (Å²) in [7, 11) is 0. The Morgan fingerprint density at radius 2 is 1.14 bits per heavy atom. The molecule has 0 bridgehead atoms. The lowest BCUT2D eigenvalue weighted by atomic mass is 10.1. The molecule has 1 heterocycles. The minimum absolute atomic E-state index is 0.233. The molecule has 1 saturated heterocycles. The van der Waals surface area contributed by atoms with Gasteiger partial charge >= 0.3 is 0 Å². The normalized spacial score (nSPS) is 39.4. The lowest BCUT2D eigenvalue weighted by molar-refractivity contribution is 0.0843. The van der Waals surface area contributed by atoms with Crippen molar-refractivity contribution in [2.24, 2.45) is 11.8 Å². The molecule has 1 rings (SSSR count). The van der Waals surface area contributed by atoms with E-state index in [9.17, 15) is 10.2 Å². The van der Waals surface area contributed by atoms with E-state index in [0.29, 0.717) is 11.5 Å². The summed E-state index contributed by atoms with van der Waals surface area (Å²) in [4.78, 5) is -1.32. The molecule has 0 aromatic heterocycles. The first-order chi connectivity index (χ1) is 6.30. The molecule has 1 fully saturated rings. The van der Waals surface area contributed by atoms with Crippen LogP contribution in [0.1, 0.15) is 27.7 Å². The van der Waals surface area contributed by atoms with Gasteiger partial charge in [-0.3, -0.25) is 0 Å². The van der Waals surface area contributed by atoms with Gasteiger partial charge < -0.3 is 10.2 Å². The van der Waals surface area contributed by atoms with Gasteiger partial charge in [-0.05, 0) is 11.8 Å². The van der Waals surface area contributed by atoms with E-state index < -0.39 is 9.87 Å². The molecule has 14 heavy (non-hydrogen) atoms. The first-order valence-corrected chi connectivity index (χ1v) is 7.00. The second kappa shape index (κ2) is 4.24. The molecule has 4 heteroatoms. The van der Waals surface area contributed by atoms with Crippen LogP contribution in [0.2, 0.25) is 0 Å². The summed E-state index contributed by atoms with van der Waals surface area (Å²) in [6.45, 7) is 8.08. The molecule has 2 N–H and O–H groups in total. The Bertz CT molecular complexity index is 174. The molecule has 1 aliphatic rings. The van der Waals surface area contributed by atoms with Gasteiger partial charge in [0.2, 0.25) is 0 Å². The number of aliphatic hydroxyl groups is 2. The second-order valence-electron chi connectivity index (χ2n) is 4.58. The van der Waals surface area contributed by atoms with Crippen molar-refractivity contribution < 1.29 is 10.2 Å². The van der Waals surface area contributed by atoms with E-state index in [2.05, 4.69) is 0 Å². The van der Waals surface area contributed by atoms with Crippen molar-refractivity contribution in [2.45, 2.75) is 37.6 Å². The maximum absolute atomic E-state index is 10.2. The molecule has 84 valence electrons. The lowest BCUT2D eigenvalue weighted by Crippen LogP contribution is -2.47. The van der Waals surface area contributed by atoms with Crippen LogP contribution in [0.4, 0.5) is 0 Å². The fraction of sp³-hybridized carbons (Fsp3) is 1.00. The third kappa shape index (κ3) is 2.40. The number of hydrogen-bond donors (Lipinski definition) is 2. The average molecular weight is 236 g/mol. The largest absolute Gasteiger partial charge is 0.378 e. The van der Waals surface area contributed by atoms with E-state index in [0.717, 1.165) is 0 Å². The molecule has 0 radical (unpaired) electrons. The van der Waals surface area contributed by atoms with Crippen LogP contribution in [0.25, 0.3) is 0 Å². The van der Waals surface area contributed by atoms with Crippen molar-refractivity contribution in [1.29, 1.82) is 0 Å². The number of hydrogen-bond acceptors (Lipinski definition) is 4. The van der Waals surface area contributed by atoms with E-state index in [1.54, 1.807) is 0 Å². The SMILES string of the molecule is CC(C)C1(O)CSC(O)(C(C)C)CS1. The van der Waals surface area contributed by atoms with Crippen molar-refractivity contribution in [1.82, 2.24) is 0 Å². The van der Waals surface area contributed by atoms with Crippen molar-refractivity contribution >= 4 is 23.5 Å². The van der Waals surface area contributed by atoms with Crippen LogP contribution in [-0.4, -0.2) is 31.6 Å². The minimum Gasteiger partial charge on any atom is -0.378 e. The van der Waals surface area contributed by atoms with E-state index >= 15 is 0 Å². The first kappa shape index (κ1) is 12.7. The molecule has 2 atom stereocenters. The number of rotatable bonds is 2. The number of thioether (sulfide) groups is 2. The van der Waals surface area contributed by atoms with Gasteiger partial charge in [0.1, 0.15) is 9.87 Å². The molecule has 0 aromatic carbocycles. The zero-order valence-electron chi connectivity index (χ0n) is 9.28. The third-order valence-corrected chi connectivity index (χ3v) is 6.63. The van der Waals surface area contributed by atoms with Gasteiger partial charge in [-0.1, -0.05) is 27.7 Å². The standard InChI is InChI=1S/C10H20O2S2/c1-7(2)9(11)5-14-10(12,6-13-9)8(3)4/h7-8,11-12H,5-6H2,1-4H3. The van der Waals surface area contributed by atoms with Crippen LogP contribution >= 0.6 is 23.5 Å². The van der Waals surface area contributed by atoms with Gasteiger partial charge in [-0.15, -0.1) is 23.5 Å². The van der Waals surface area contributed by atoms with Crippen LogP contribution in [0.5, 0.6) is 0 Å². The first-order valence-electron chi connectivity index (χ1n) is 5.03. The summed E-state index contributed by atoms with van der Waals surface area (Å²) in [5.74, 6) is 1.70. The van der Waals surface area contributed by atoms with Crippen molar-refractivity contribution in [2.75, 3.05) is 11.5 Å². The van der Waals surface area contributed by atoms with Crippen LogP contribution in [0.15, 0.2) is 0 Å². The average Bonchev–Trinajstić information content (AvgIpc) is 2.10. The Morgan fingerprint density at radius 1 is 0.857 bits per heavy atom. The highest BCUT2D eigenvalue weighted by molar-refractivity contribution is 8.07. The Kier molecular flexibility index (Phi) is 3.84. The molecule has 0 aromatic rings. The maximum atomic E-state index is 10.2. The van der Waals surface area contributed by atoms with E-state index in [4.69, 9.17) is 0 Å². The third-order valence-electron chi connectivity index (χ3n) is 2.86. The lowest BCUT2D eigenvalue weighted by Gasteiger charge is -2.43. The summed E-state index contributed by atoms with van der Waals surface area (Å²) in [6.07, 6.45) is 0. The predicted octanol–water partition coefficient (Wildman–Crippen LogP) is 2.16. The van der Waals surface area contributed by atoms with Crippen LogP contribution in [0.3, 0.4) is 0 Å². The van der Waals surface area contributed by atoms with Gasteiger partial charge in [-0.25, -0.2) is 0 Å². The fourth-order valence-electron chi connectivity index (χ4n) is 1.21. The van der Waals surface area contributed by atoms with Crippen LogP contribution in [-0.2, 0) is 0 Å². The molecule has 0 aliphatic carbocycles. The van der Waals surface area contributed by atoms with Crippen molar-refractivity contribution in [3.63, 3.8) is 0 Å². The summed E-state index contributed by atoms with van der Waals surface area (Å²) in [5.41, 5.74) is 0. The summed E-state index contributed by atoms with van der Waals surface area (Å²) in [6, 6.07) is 0. The van der Waals surface area contributed by atoms with Crippen molar-refractivity contribution in [3.05, 3.63) is 0 Å². The highest BCUT2D eigenvalue weighted by Gasteiger charge is 2.45. The maximum Gasteiger partial charge on any atom is 0.122 e. The van der Waals surface area contributed by atoms with Gasteiger partial charge in [0.05, 0.1) is 0 Å². The molecular weight excluding hydrogens is 216 g/mol. The summed E-state index contributed by atoms with van der Waals surface area (Å²) >= 11 is 2.99. The van der Waals surface area contributed by atoms with Gasteiger partial charge in [-0.2, -0.15) is 0 Å². The van der Waals surface area contributed by atoms with Gasteiger partial charge in [0.25, 0.3) is 0 Å². The zero-order valence-corrected chi connectivity index (χ0v) is 10.9. The topological polar surface area (TPSA) is 40.5 Å². The Hall–Kier alpha value is 0.620. The quantitative estimate of drug-likeness (QED) is 0.771. The van der Waals surface area contributed by atoms with Crippen molar-refractivity contribution in [3.8, 4) is 0 Å². The van der Waals surface area contributed by atoms with Gasteiger partial charge in [0, 0.05) is 11.5 Å². The highest BCUT2D eigenvalue weighted by Crippen LogP contribution is 2.47. The molecule has 1 aliphatic heterocycles. The van der Waals surface area contributed by atoms with Crippen LogP contribution < -0.4 is 0 Å². The van der Waals surface area contributed by atoms with Crippen LogP contribution in [0, 0.1) is 11.8 Å². The highest BCUT2D eigenvalue weighted by atomic mass is 32.2. The van der Waals surface area contributed by atoms with E-state index in [-0.39, 0.29) is 11.8 Å². The minimum atomic E-state index is -0.661. The molecular formula is C10H20O2S2. The molecule has 0 amide bonds. The molecule has 0 saturated carbocycles. The second-order valence-corrected chi connectivity index (χ2v) is 7.14. The summed E-state index contributed by atoms with van der Waals surface area (Å²) in [5, 5.41) is 20.4. The summed E-state index contributed by atoms with van der Waals surface area (Å²) < 4.78 is 0. The smallest absolute Gasteiger partial charge is 0.122 e. The van der Waals surface area contributed by atoms with E-state index in [1.165, 1.54) is 23.5 Å². The Morgan fingerprint density at radius 3 is 1.29 bits per heavy atom. The molecule has 2 unspecified atom stereocenters. The molecule has 0 spiro atoms. The Balaban J connectivity index is 2.62. The monoisotopic (exact) mass is 236 g/mol. The Labute approximate surface area is 94.9 Å². The molecule has 2 nitrogen and oxygen atoms in total. The van der Waals surface area contributed by atoms with Gasteiger partial charge in [0.15, 0.2) is 0 Å². The van der Waals surface area contributed by atoms with E-state index in [1.807, 2.05) is 27.7 Å².